The minimum atomic E-state index is 0.729. The Morgan fingerprint density at radius 1 is 0.643 bits per heavy atom. The van der Waals surface area contributed by atoms with Gasteiger partial charge in [0.2, 0.25) is 0 Å². The van der Waals surface area contributed by atoms with Crippen molar-refractivity contribution in [2.45, 2.75) is 0 Å². The van der Waals surface area contributed by atoms with E-state index in [-0.39, 0.29) is 0 Å². The number of rotatable bonds is 12. The van der Waals surface area contributed by atoms with E-state index in [0.717, 1.165) is 53.5 Å². The van der Waals surface area contributed by atoms with Crippen LogP contribution in [0.5, 0.6) is 0 Å². The molecule has 0 unspecified atom stereocenters. The highest BCUT2D eigenvalue weighted by Crippen LogP contribution is 2.29. The average molecular weight is 389 g/mol. The number of benzene rings is 2. The summed E-state index contributed by atoms with van der Waals surface area (Å²) in [5.74, 6) is 0. The normalized spacial score (nSPS) is 10.0. The Balaban J connectivity index is 2.53. The lowest BCUT2D eigenvalue weighted by Gasteiger charge is -2.27. The van der Waals surface area contributed by atoms with Crippen LogP contribution in [0.4, 0.5) is 11.4 Å². The molecule has 28 heavy (non-hydrogen) atoms. The van der Waals surface area contributed by atoms with Gasteiger partial charge in [0.15, 0.2) is 0 Å². The summed E-state index contributed by atoms with van der Waals surface area (Å²) in [6, 6.07) is 16.5. The molecule has 0 spiro atoms. The monoisotopic (exact) mass is 388 g/mol. The van der Waals surface area contributed by atoms with Crippen LogP contribution in [-0.4, -0.2) is 31.0 Å². The molecule has 0 aliphatic carbocycles. The number of hydrogen-bond acceptors (Lipinski definition) is 3. The smallest absolute Gasteiger partial charge is 0.0563 e. The first-order valence-corrected chi connectivity index (χ1v) is 9.75. The second-order valence-electron chi connectivity index (χ2n) is 6.33. The molecular weight excluding hydrogens is 360 g/mol. The molecule has 0 fully saturated rings. The lowest BCUT2D eigenvalue weighted by Crippen LogP contribution is -2.27. The molecule has 0 radical (unpaired) electrons. The molecule has 0 saturated carbocycles. The molecule has 2 aromatic carbocycles. The summed E-state index contributed by atoms with van der Waals surface area (Å²) >= 11 is 5.98. The Bertz CT molecular complexity index is 764. The van der Waals surface area contributed by atoms with Gasteiger partial charge in [-0.15, -0.1) is 26.3 Å². The van der Waals surface area contributed by atoms with Gasteiger partial charge in [0.25, 0.3) is 0 Å². The van der Waals surface area contributed by atoms with Crippen LogP contribution in [0, 0.1) is 0 Å². The van der Waals surface area contributed by atoms with Crippen LogP contribution in [0.1, 0.15) is 11.1 Å². The quantitative estimate of drug-likeness (QED) is 0.257. The number of nitrogens with zero attached hydrogens (tertiary/aromatic N) is 2. The highest BCUT2D eigenvalue weighted by atomic mass is 32.1. The molecule has 0 aliphatic rings. The maximum Gasteiger partial charge on any atom is 0.0563 e. The third kappa shape index (κ3) is 5.08. The van der Waals surface area contributed by atoms with Gasteiger partial charge in [-0.3, -0.25) is 0 Å². The molecule has 0 atom stereocenters. The van der Waals surface area contributed by atoms with Crippen LogP contribution in [0.3, 0.4) is 0 Å². The van der Waals surface area contributed by atoms with Crippen molar-refractivity contribution in [1.82, 2.24) is 0 Å². The van der Waals surface area contributed by atoms with E-state index in [4.69, 9.17) is 12.2 Å². The van der Waals surface area contributed by atoms with E-state index in [2.05, 4.69) is 60.4 Å². The molecule has 144 valence electrons. The zero-order valence-electron chi connectivity index (χ0n) is 16.4. The minimum absolute atomic E-state index is 0.729. The summed E-state index contributed by atoms with van der Waals surface area (Å²) in [7, 11) is 0. The first-order chi connectivity index (χ1) is 13.7. The molecule has 0 amide bonds. The fraction of sp³-hybridized carbons (Fsp3) is 0.160. The first-order valence-electron chi connectivity index (χ1n) is 9.34. The van der Waals surface area contributed by atoms with Crippen molar-refractivity contribution in [3.8, 4) is 0 Å². The van der Waals surface area contributed by atoms with Crippen LogP contribution >= 0.6 is 12.2 Å². The predicted molar refractivity (Wildman–Crippen MR) is 129 cm³/mol. The highest BCUT2D eigenvalue weighted by Gasteiger charge is 2.18. The van der Waals surface area contributed by atoms with E-state index < -0.39 is 0 Å². The maximum atomic E-state index is 5.98. The van der Waals surface area contributed by atoms with Gasteiger partial charge in [-0.2, -0.15) is 0 Å². The Kier molecular flexibility index (Phi) is 8.44. The molecule has 2 rings (SSSR count). The first kappa shape index (κ1) is 21.4. The van der Waals surface area contributed by atoms with Crippen molar-refractivity contribution in [3.05, 3.63) is 110 Å². The third-order valence-corrected chi connectivity index (χ3v) is 4.82. The van der Waals surface area contributed by atoms with Gasteiger partial charge in [0.1, 0.15) is 0 Å². The lowest BCUT2D eigenvalue weighted by atomic mass is 9.99. The van der Waals surface area contributed by atoms with Gasteiger partial charge in [-0.05, 0) is 12.1 Å². The van der Waals surface area contributed by atoms with Crippen molar-refractivity contribution < 1.29 is 0 Å². The van der Waals surface area contributed by atoms with Crippen LogP contribution in [-0.2, 0) is 0 Å². The van der Waals surface area contributed by atoms with E-state index in [0.29, 0.717) is 0 Å². The van der Waals surface area contributed by atoms with Crippen molar-refractivity contribution in [3.63, 3.8) is 0 Å². The fourth-order valence-electron chi connectivity index (χ4n) is 3.19. The van der Waals surface area contributed by atoms with E-state index in [9.17, 15) is 0 Å². The minimum Gasteiger partial charge on any atom is -0.364 e. The van der Waals surface area contributed by atoms with Crippen LogP contribution in [0.15, 0.2) is 99.2 Å². The van der Waals surface area contributed by atoms with Gasteiger partial charge < -0.3 is 9.80 Å². The summed E-state index contributed by atoms with van der Waals surface area (Å²) in [5, 5.41) is 0. The van der Waals surface area contributed by atoms with Crippen molar-refractivity contribution in [2.24, 2.45) is 0 Å². The number of thiocarbonyl (C=S) groups is 1. The second kappa shape index (κ2) is 11.1. The van der Waals surface area contributed by atoms with Crippen molar-refractivity contribution in [1.29, 1.82) is 0 Å². The molecule has 0 bridgehead atoms. The summed E-state index contributed by atoms with van der Waals surface area (Å²) < 4.78 is 0. The Morgan fingerprint density at radius 2 is 0.964 bits per heavy atom. The standard InChI is InChI=1S/C25H28N2S/c1-5-17-26(18-6-2)23-15-11-9-13-21(23)25(28)22-14-10-12-16-24(22)27(19-7-3)20-8-4/h5-16H,1-4,17-20H2. The summed E-state index contributed by atoms with van der Waals surface area (Å²) in [4.78, 5) is 5.26. The SMILES string of the molecule is C=CCN(CC=C)c1ccccc1C(=S)c1ccccc1N(CC=C)CC=C. The fourth-order valence-corrected chi connectivity index (χ4v) is 3.54. The van der Waals surface area contributed by atoms with Gasteiger partial charge in [-0.1, -0.05) is 72.9 Å². The van der Waals surface area contributed by atoms with Crippen molar-refractivity contribution >= 4 is 28.5 Å². The third-order valence-electron chi connectivity index (χ3n) is 4.38. The molecule has 0 aromatic heterocycles. The predicted octanol–water partition coefficient (Wildman–Crippen LogP) is 5.81. The molecule has 0 heterocycles. The molecule has 0 aliphatic heterocycles. The molecule has 0 N–H and O–H groups in total. The van der Waals surface area contributed by atoms with Gasteiger partial charge in [-0.25, -0.2) is 0 Å². The van der Waals surface area contributed by atoms with Crippen LogP contribution in [0.25, 0.3) is 0 Å². The van der Waals surface area contributed by atoms with E-state index >= 15 is 0 Å². The molecule has 2 aromatic rings. The van der Waals surface area contributed by atoms with E-state index in [1.54, 1.807) is 0 Å². The maximum absolute atomic E-state index is 5.98. The number of anilines is 2. The van der Waals surface area contributed by atoms with Gasteiger partial charge in [0.05, 0.1) is 4.86 Å². The molecule has 2 nitrogen and oxygen atoms in total. The Labute approximate surface area is 174 Å². The van der Waals surface area contributed by atoms with Crippen LogP contribution < -0.4 is 9.80 Å². The zero-order valence-corrected chi connectivity index (χ0v) is 17.2. The topological polar surface area (TPSA) is 6.48 Å². The Morgan fingerprint density at radius 3 is 1.29 bits per heavy atom. The van der Waals surface area contributed by atoms with E-state index in [1.807, 2.05) is 48.6 Å². The summed E-state index contributed by atoms with van der Waals surface area (Å²) in [6.45, 7) is 18.5. The zero-order chi connectivity index (χ0) is 20.4. The average Bonchev–Trinajstić information content (AvgIpc) is 2.73. The summed E-state index contributed by atoms with van der Waals surface area (Å²) in [5.41, 5.74) is 4.24. The number of para-hydroxylation sites is 2. The molecule has 3 heteroatoms. The highest BCUT2D eigenvalue weighted by molar-refractivity contribution is 7.81. The molecule has 0 saturated heterocycles. The largest absolute Gasteiger partial charge is 0.364 e. The van der Waals surface area contributed by atoms with Crippen molar-refractivity contribution in [2.75, 3.05) is 36.0 Å². The van der Waals surface area contributed by atoms with Gasteiger partial charge >= 0.3 is 0 Å². The number of hydrogen-bond donors (Lipinski definition) is 0. The molecular formula is C25H28N2S. The van der Waals surface area contributed by atoms with Crippen LogP contribution in [0.2, 0.25) is 0 Å². The van der Waals surface area contributed by atoms with E-state index in [1.165, 1.54) is 0 Å². The lowest BCUT2D eigenvalue weighted by molar-refractivity contribution is 0.952. The Hall–Kier alpha value is -2.91. The summed E-state index contributed by atoms with van der Waals surface area (Å²) in [6.07, 6.45) is 7.58. The second-order valence-corrected chi connectivity index (χ2v) is 6.74. The van der Waals surface area contributed by atoms with Gasteiger partial charge in [0, 0.05) is 48.7 Å².